The first-order valence-corrected chi connectivity index (χ1v) is 4.39. The largest absolute Gasteiger partial charge is 0.368 e. The summed E-state index contributed by atoms with van der Waals surface area (Å²) in [5.74, 6) is 1.88. The SMILES string of the molecule is Cc1nc(NC#N)cc(NC(C)C)n1. The van der Waals surface area contributed by atoms with Crippen molar-refractivity contribution in [3.05, 3.63) is 11.9 Å². The molecule has 5 nitrogen and oxygen atoms in total. The molecule has 0 saturated carbocycles. The van der Waals surface area contributed by atoms with E-state index in [2.05, 4.69) is 20.6 Å². The van der Waals surface area contributed by atoms with Crippen LogP contribution in [0.3, 0.4) is 0 Å². The Morgan fingerprint density at radius 3 is 2.57 bits per heavy atom. The second kappa shape index (κ2) is 4.42. The van der Waals surface area contributed by atoms with Gasteiger partial charge in [0.25, 0.3) is 0 Å². The molecule has 2 N–H and O–H groups in total. The van der Waals surface area contributed by atoms with Gasteiger partial charge >= 0.3 is 0 Å². The van der Waals surface area contributed by atoms with Crippen molar-refractivity contribution in [3.63, 3.8) is 0 Å². The number of anilines is 2. The van der Waals surface area contributed by atoms with Crippen LogP contribution in [0.15, 0.2) is 6.07 Å². The van der Waals surface area contributed by atoms with Crippen LogP contribution < -0.4 is 10.6 Å². The van der Waals surface area contributed by atoms with Crippen molar-refractivity contribution >= 4 is 11.6 Å². The number of nitrogens with zero attached hydrogens (tertiary/aromatic N) is 3. The number of rotatable bonds is 3. The van der Waals surface area contributed by atoms with E-state index in [4.69, 9.17) is 5.26 Å². The lowest BCUT2D eigenvalue weighted by molar-refractivity contribution is 0.881. The van der Waals surface area contributed by atoms with Crippen molar-refractivity contribution in [3.8, 4) is 6.19 Å². The van der Waals surface area contributed by atoms with E-state index >= 15 is 0 Å². The molecule has 0 aliphatic heterocycles. The molecule has 0 atom stereocenters. The van der Waals surface area contributed by atoms with Gasteiger partial charge in [0.2, 0.25) is 0 Å². The molecule has 0 spiro atoms. The molecule has 1 aromatic rings. The van der Waals surface area contributed by atoms with Crippen molar-refractivity contribution < 1.29 is 0 Å². The second-order valence-electron chi connectivity index (χ2n) is 3.22. The Kier molecular flexibility index (Phi) is 3.24. The van der Waals surface area contributed by atoms with Gasteiger partial charge in [0.15, 0.2) is 6.19 Å². The fraction of sp³-hybridized carbons (Fsp3) is 0.444. The first kappa shape index (κ1) is 10.3. The average molecular weight is 191 g/mol. The fourth-order valence-corrected chi connectivity index (χ4v) is 1.06. The predicted molar refractivity (Wildman–Crippen MR) is 54.8 cm³/mol. The van der Waals surface area contributed by atoms with Gasteiger partial charge in [-0.15, -0.1) is 0 Å². The Bertz CT molecular complexity index is 353. The Balaban J connectivity index is 2.90. The first-order chi connectivity index (χ1) is 6.61. The molecule has 0 fully saturated rings. The molecule has 0 aliphatic carbocycles. The molecule has 0 aromatic carbocycles. The van der Waals surface area contributed by atoms with Crippen molar-refractivity contribution in [1.82, 2.24) is 9.97 Å². The van der Waals surface area contributed by atoms with Crippen LogP contribution in [0.25, 0.3) is 0 Å². The lowest BCUT2D eigenvalue weighted by Crippen LogP contribution is -2.12. The van der Waals surface area contributed by atoms with Crippen molar-refractivity contribution in [1.29, 1.82) is 5.26 Å². The van der Waals surface area contributed by atoms with Gasteiger partial charge < -0.3 is 5.32 Å². The smallest absolute Gasteiger partial charge is 0.182 e. The van der Waals surface area contributed by atoms with Gasteiger partial charge in [-0.2, -0.15) is 5.26 Å². The molecule has 74 valence electrons. The van der Waals surface area contributed by atoms with Crippen LogP contribution in [-0.2, 0) is 0 Å². The highest BCUT2D eigenvalue weighted by Crippen LogP contribution is 2.11. The zero-order valence-electron chi connectivity index (χ0n) is 8.50. The molecular weight excluding hydrogens is 178 g/mol. The lowest BCUT2D eigenvalue weighted by atomic mass is 10.4. The topological polar surface area (TPSA) is 73.6 Å². The van der Waals surface area contributed by atoms with Crippen molar-refractivity contribution in [2.75, 3.05) is 10.6 Å². The molecule has 14 heavy (non-hydrogen) atoms. The minimum atomic E-state index is 0.305. The summed E-state index contributed by atoms with van der Waals surface area (Å²) in [6.45, 7) is 5.83. The van der Waals surface area contributed by atoms with Crippen LogP contribution in [-0.4, -0.2) is 16.0 Å². The Morgan fingerprint density at radius 1 is 1.36 bits per heavy atom. The van der Waals surface area contributed by atoms with E-state index in [9.17, 15) is 0 Å². The highest BCUT2D eigenvalue weighted by atomic mass is 15.1. The monoisotopic (exact) mass is 191 g/mol. The maximum absolute atomic E-state index is 8.44. The summed E-state index contributed by atoms with van der Waals surface area (Å²) in [6.07, 6.45) is 1.82. The Labute approximate surface area is 83.2 Å². The quantitative estimate of drug-likeness (QED) is 0.559. The summed E-state index contributed by atoms with van der Waals surface area (Å²) in [7, 11) is 0. The number of hydrogen-bond acceptors (Lipinski definition) is 5. The molecule has 0 radical (unpaired) electrons. The molecular formula is C9H13N5. The van der Waals surface area contributed by atoms with Crippen LogP contribution in [0.5, 0.6) is 0 Å². The highest BCUT2D eigenvalue weighted by Gasteiger charge is 2.01. The summed E-state index contributed by atoms with van der Waals surface area (Å²) in [4.78, 5) is 8.23. The number of nitriles is 1. The summed E-state index contributed by atoms with van der Waals surface area (Å²) in [5.41, 5.74) is 0. The maximum atomic E-state index is 8.44. The predicted octanol–water partition coefficient (Wildman–Crippen LogP) is 1.50. The van der Waals surface area contributed by atoms with E-state index in [1.807, 2.05) is 20.0 Å². The molecule has 0 bridgehead atoms. The van der Waals surface area contributed by atoms with E-state index < -0.39 is 0 Å². The van der Waals surface area contributed by atoms with Crippen molar-refractivity contribution in [2.45, 2.75) is 26.8 Å². The summed E-state index contributed by atoms with van der Waals surface area (Å²) in [5, 5.41) is 14.1. The molecule has 0 aliphatic rings. The van der Waals surface area contributed by atoms with E-state index in [1.165, 1.54) is 0 Å². The van der Waals surface area contributed by atoms with Gasteiger partial charge in [-0.25, -0.2) is 9.97 Å². The van der Waals surface area contributed by atoms with Crippen LogP contribution in [0.1, 0.15) is 19.7 Å². The zero-order valence-corrected chi connectivity index (χ0v) is 8.50. The van der Waals surface area contributed by atoms with E-state index in [0.29, 0.717) is 17.7 Å². The molecule has 0 saturated heterocycles. The number of aromatic nitrogens is 2. The van der Waals surface area contributed by atoms with Gasteiger partial charge in [0.1, 0.15) is 17.5 Å². The lowest BCUT2D eigenvalue weighted by Gasteiger charge is -2.10. The second-order valence-corrected chi connectivity index (χ2v) is 3.22. The minimum absolute atomic E-state index is 0.305. The van der Waals surface area contributed by atoms with Crippen LogP contribution >= 0.6 is 0 Å². The summed E-state index contributed by atoms with van der Waals surface area (Å²) in [6, 6.07) is 2.01. The molecule has 1 heterocycles. The fourth-order valence-electron chi connectivity index (χ4n) is 1.06. The van der Waals surface area contributed by atoms with E-state index in [0.717, 1.165) is 5.82 Å². The number of aryl methyl sites for hydroxylation is 1. The Hall–Kier alpha value is -1.83. The highest BCUT2D eigenvalue weighted by molar-refractivity contribution is 5.49. The van der Waals surface area contributed by atoms with Crippen LogP contribution in [0, 0.1) is 18.4 Å². The molecule has 0 unspecified atom stereocenters. The maximum Gasteiger partial charge on any atom is 0.182 e. The van der Waals surface area contributed by atoms with Crippen molar-refractivity contribution in [2.24, 2.45) is 0 Å². The van der Waals surface area contributed by atoms with Gasteiger partial charge in [-0.1, -0.05) is 0 Å². The molecule has 5 heteroatoms. The van der Waals surface area contributed by atoms with Gasteiger partial charge in [0, 0.05) is 12.1 Å². The third-order valence-electron chi connectivity index (χ3n) is 1.46. The normalized spacial score (nSPS) is 9.64. The summed E-state index contributed by atoms with van der Waals surface area (Å²) < 4.78 is 0. The third kappa shape index (κ3) is 2.90. The van der Waals surface area contributed by atoms with Gasteiger partial charge in [0.05, 0.1) is 0 Å². The number of hydrogen-bond donors (Lipinski definition) is 2. The van der Waals surface area contributed by atoms with E-state index in [1.54, 1.807) is 13.0 Å². The van der Waals surface area contributed by atoms with Crippen LogP contribution in [0.4, 0.5) is 11.6 Å². The standard InChI is InChI=1S/C9H13N5/c1-6(2)12-9-4-8(11-5-10)13-7(3)14-9/h4,6H,1-3H3,(H2,11,12,13,14). The van der Waals surface area contributed by atoms with Gasteiger partial charge in [-0.3, -0.25) is 5.32 Å². The van der Waals surface area contributed by atoms with Crippen LogP contribution in [0.2, 0.25) is 0 Å². The minimum Gasteiger partial charge on any atom is -0.368 e. The van der Waals surface area contributed by atoms with Gasteiger partial charge in [-0.05, 0) is 20.8 Å². The first-order valence-electron chi connectivity index (χ1n) is 4.39. The van der Waals surface area contributed by atoms with E-state index in [-0.39, 0.29) is 0 Å². The molecule has 1 rings (SSSR count). The third-order valence-corrected chi connectivity index (χ3v) is 1.46. The number of nitrogens with one attached hydrogen (secondary N) is 2. The average Bonchev–Trinajstić information content (AvgIpc) is 2.01. The molecule has 0 amide bonds. The summed E-state index contributed by atoms with van der Waals surface area (Å²) >= 11 is 0. The zero-order chi connectivity index (χ0) is 10.6. The Morgan fingerprint density at radius 2 is 2.00 bits per heavy atom. The molecule has 1 aromatic heterocycles.